The summed E-state index contributed by atoms with van der Waals surface area (Å²) in [6.45, 7) is 9.92. The van der Waals surface area contributed by atoms with Gasteiger partial charge in [0.25, 0.3) is 0 Å². The molecule has 2 heteroatoms. The second kappa shape index (κ2) is 7.29. The van der Waals surface area contributed by atoms with Crippen molar-refractivity contribution >= 4 is 0 Å². The fourth-order valence-electron chi connectivity index (χ4n) is 2.86. The van der Waals surface area contributed by atoms with Gasteiger partial charge in [0.2, 0.25) is 0 Å². The van der Waals surface area contributed by atoms with Gasteiger partial charge in [0.15, 0.2) is 0 Å². The van der Waals surface area contributed by atoms with E-state index in [2.05, 4.69) is 24.1 Å². The van der Waals surface area contributed by atoms with E-state index in [9.17, 15) is 0 Å². The second-order valence-electron chi connectivity index (χ2n) is 5.40. The normalized spacial score (nSPS) is 20.4. The van der Waals surface area contributed by atoms with Crippen molar-refractivity contribution in [2.75, 3.05) is 33.2 Å². The maximum absolute atomic E-state index is 3.21. The van der Waals surface area contributed by atoms with Crippen LogP contribution in [0, 0.1) is 5.41 Å². The number of hydrogen-bond acceptors (Lipinski definition) is 2. The van der Waals surface area contributed by atoms with Gasteiger partial charge in [-0.05, 0) is 64.2 Å². The molecule has 1 fully saturated rings. The number of rotatable bonds is 8. The van der Waals surface area contributed by atoms with Gasteiger partial charge in [-0.15, -0.1) is 0 Å². The summed E-state index contributed by atoms with van der Waals surface area (Å²) in [7, 11) is 2.04. The summed E-state index contributed by atoms with van der Waals surface area (Å²) in [5, 5.41) is 3.21. The molecule has 2 nitrogen and oxygen atoms in total. The molecule has 0 spiro atoms. The molecule has 1 aliphatic rings. The van der Waals surface area contributed by atoms with E-state index in [1.165, 1.54) is 64.7 Å². The lowest BCUT2D eigenvalue weighted by Gasteiger charge is -2.26. The highest BCUT2D eigenvalue weighted by Crippen LogP contribution is 2.36. The summed E-state index contributed by atoms with van der Waals surface area (Å²) in [4.78, 5) is 2.69. The van der Waals surface area contributed by atoms with Crippen LogP contribution in [0.3, 0.4) is 0 Å². The molecule has 0 bridgehead atoms. The molecule has 1 heterocycles. The number of nitrogens with one attached hydrogen (secondary N) is 1. The van der Waals surface area contributed by atoms with Crippen LogP contribution in [0.4, 0.5) is 0 Å². The molecule has 1 saturated heterocycles. The number of likely N-dealkylation sites (tertiary alicyclic amines) is 1. The fourth-order valence-corrected chi connectivity index (χ4v) is 2.86. The molecule has 0 radical (unpaired) electrons. The Morgan fingerprint density at radius 3 is 2.44 bits per heavy atom. The average molecular weight is 226 g/mol. The Labute approximate surface area is 102 Å². The minimum absolute atomic E-state index is 0.658. The quantitative estimate of drug-likeness (QED) is 0.640. The van der Waals surface area contributed by atoms with Crippen LogP contribution in [0.5, 0.6) is 0 Å². The Hall–Kier alpha value is -0.0800. The molecule has 0 aliphatic carbocycles. The van der Waals surface area contributed by atoms with Crippen LogP contribution in [0.25, 0.3) is 0 Å². The summed E-state index contributed by atoms with van der Waals surface area (Å²) in [6, 6.07) is 0. The van der Waals surface area contributed by atoms with E-state index < -0.39 is 0 Å². The van der Waals surface area contributed by atoms with E-state index in [0.717, 1.165) is 0 Å². The largest absolute Gasteiger partial charge is 0.320 e. The molecule has 0 aromatic rings. The highest BCUT2D eigenvalue weighted by Gasteiger charge is 2.34. The van der Waals surface area contributed by atoms with Crippen molar-refractivity contribution in [3.05, 3.63) is 0 Å². The van der Waals surface area contributed by atoms with Gasteiger partial charge in [0, 0.05) is 6.54 Å². The van der Waals surface area contributed by atoms with Gasteiger partial charge in [0.05, 0.1) is 0 Å². The van der Waals surface area contributed by atoms with Crippen molar-refractivity contribution in [2.45, 2.75) is 52.4 Å². The van der Waals surface area contributed by atoms with Crippen molar-refractivity contribution in [1.29, 1.82) is 0 Å². The van der Waals surface area contributed by atoms with Crippen LogP contribution in [0.15, 0.2) is 0 Å². The third-order valence-corrected chi connectivity index (χ3v) is 4.42. The van der Waals surface area contributed by atoms with E-state index in [4.69, 9.17) is 0 Å². The molecule has 0 amide bonds. The molecule has 0 aromatic heterocycles. The zero-order valence-corrected chi connectivity index (χ0v) is 11.5. The van der Waals surface area contributed by atoms with Crippen molar-refractivity contribution in [2.24, 2.45) is 5.41 Å². The Morgan fingerprint density at radius 2 is 1.88 bits per heavy atom. The zero-order chi connectivity index (χ0) is 11.9. The third kappa shape index (κ3) is 4.06. The van der Waals surface area contributed by atoms with Gasteiger partial charge >= 0.3 is 0 Å². The first kappa shape index (κ1) is 14.0. The first-order valence-corrected chi connectivity index (χ1v) is 7.13. The molecule has 0 atom stereocenters. The maximum Gasteiger partial charge on any atom is 0.00382 e. The second-order valence-corrected chi connectivity index (χ2v) is 5.40. The van der Waals surface area contributed by atoms with E-state index in [-0.39, 0.29) is 0 Å². The highest BCUT2D eigenvalue weighted by atomic mass is 15.2. The third-order valence-electron chi connectivity index (χ3n) is 4.42. The van der Waals surface area contributed by atoms with Crippen LogP contribution < -0.4 is 5.32 Å². The summed E-state index contributed by atoms with van der Waals surface area (Å²) in [5.41, 5.74) is 0.658. The molecule has 1 rings (SSSR count). The van der Waals surface area contributed by atoms with Crippen LogP contribution in [-0.4, -0.2) is 38.1 Å². The average Bonchev–Trinajstić information content (AvgIpc) is 2.73. The van der Waals surface area contributed by atoms with Crippen LogP contribution >= 0.6 is 0 Å². The SMILES string of the molecule is CCC1(CC)CCN(CCCCCNC)C1. The summed E-state index contributed by atoms with van der Waals surface area (Å²) in [5.74, 6) is 0. The monoisotopic (exact) mass is 226 g/mol. The van der Waals surface area contributed by atoms with Gasteiger partial charge in [-0.25, -0.2) is 0 Å². The van der Waals surface area contributed by atoms with Crippen LogP contribution in [0.2, 0.25) is 0 Å². The molecule has 1 aliphatic heterocycles. The first-order valence-electron chi connectivity index (χ1n) is 7.13. The number of hydrogen-bond donors (Lipinski definition) is 1. The van der Waals surface area contributed by atoms with Crippen molar-refractivity contribution in [3.63, 3.8) is 0 Å². The minimum Gasteiger partial charge on any atom is -0.320 e. The smallest absolute Gasteiger partial charge is 0.00382 e. The van der Waals surface area contributed by atoms with Gasteiger partial charge in [-0.3, -0.25) is 0 Å². The number of nitrogens with zero attached hydrogens (tertiary/aromatic N) is 1. The van der Waals surface area contributed by atoms with Gasteiger partial charge in [0.1, 0.15) is 0 Å². The standard InChI is InChI=1S/C14H30N2/c1-4-14(5-2)9-12-16(13-14)11-8-6-7-10-15-3/h15H,4-13H2,1-3H3. The van der Waals surface area contributed by atoms with E-state index in [1.54, 1.807) is 0 Å². The Balaban J connectivity index is 2.11. The first-order chi connectivity index (χ1) is 7.76. The molecule has 0 saturated carbocycles. The summed E-state index contributed by atoms with van der Waals surface area (Å²) >= 11 is 0. The van der Waals surface area contributed by atoms with Gasteiger partial charge in [-0.2, -0.15) is 0 Å². The van der Waals surface area contributed by atoms with Gasteiger partial charge in [-0.1, -0.05) is 20.3 Å². The lowest BCUT2D eigenvalue weighted by atomic mass is 9.82. The lowest BCUT2D eigenvalue weighted by molar-refractivity contribution is 0.238. The zero-order valence-electron chi connectivity index (χ0n) is 11.5. The molecule has 0 aromatic carbocycles. The maximum atomic E-state index is 3.21. The minimum atomic E-state index is 0.658. The molecule has 1 N–H and O–H groups in total. The molecular formula is C14H30N2. The molecule has 96 valence electrons. The summed E-state index contributed by atoms with van der Waals surface area (Å²) < 4.78 is 0. The fraction of sp³-hybridized carbons (Fsp3) is 1.00. The summed E-state index contributed by atoms with van der Waals surface area (Å²) in [6.07, 6.45) is 8.24. The van der Waals surface area contributed by atoms with Crippen LogP contribution in [-0.2, 0) is 0 Å². The van der Waals surface area contributed by atoms with E-state index >= 15 is 0 Å². The predicted octanol–water partition coefficient (Wildman–Crippen LogP) is 2.89. The van der Waals surface area contributed by atoms with Crippen LogP contribution in [0.1, 0.15) is 52.4 Å². The Kier molecular flexibility index (Phi) is 6.37. The molecule has 16 heavy (non-hydrogen) atoms. The highest BCUT2D eigenvalue weighted by molar-refractivity contribution is 4.87. The molecular weight excluding hydrogens is 196 g/mol. The van der Waals surface area contributed by atoms with E-state index in [0.29, 0.717) is 5.41 Å². The van der Waals surface area contributed by atoms with Crippen molar-refractivity contribution < 1.29 is 0 Å². The van der Waals surface area contributed by atoms with Crippen molar-refractivity contribution in [3.8, 4) is 0 Å². The Morgan fingerprint density at radius 1 is 1.12 bits per heavy atom. The predicted molar refractivity (Wildman–Crippen MR) is 71.8 cm³/mol. The topological polar surface area (TPSA) is 15.3 Å². The molecule has 0 unspecified atom stereocenters. The van der Waals surface area contributed by atoms with Gasteiger partial charge < -0.3 is 10.2 Å². The van der Waals surface area contributed by atoms with Crippen molar-refractivity contribution in [1.82, 2.24) is 10.2 Å². The number of unbranched alkanes of at least 4 members (excludes halogenated alkanes) is 2. The van der Waals surface area contributed by atoms with E-state index in [1.807, 2.05) is 7.05 Å². The Bertz CT molecular complexity index is 176. The lowest BCUT2D eigenvalue weighted by Crippen LogP contribution is -2.27.